The summed E-state index contributed by atoms with van der Waals surface area (Å²) in [6.45, 7) is 6.31. The van der Waals surface area contributed by atoms with Crippen LogP contribution in [0.2, 0.25) is 0 Å². The predicted octanol–water partition coefficient (Wildman–Crippen LogP) is 3.56. The Bertz CT molecular complexity index is 300. The largest absolute Gasteiger partial charge is 0.493 e. The molecule has 0 aromatic heterocycles. The van der Waals surface area contributed by atoms with Crippen molar-refractivity contribution in [3.05, 3.63) is 28.2 Å². The highest BCUT2D eigenvalue weighted by Gasteiger charge is 1.97. The zero-order valence-electron chi connectivity index (χ0n) is 9.25. The number of rotatable bonds is 6. The lowest BCUT2D eigenvalue weighted by atomic mass is 10.2. The van der Waals surface area contributed by atoms with Crippen LogP contribution in [0.4, 0.5) is 0 Å². The van der Waals surface area contributed by atoms with Gasteiger partial charge >= 0.3 is 0 Å². The Morgan fingerprint density at radius 1 is 1.27 bits per heavy atom. The second-order valence-electron chi connectivity index (χ2n) is 3.31. The molecule has 2 nitrogen and oxygen atoms in total. The summed E-state index contributed by atoms with van der Waals surface area (Å²) in [5.41, 5.74) is 1.19. The van der Waals surface area contributed by atoms with Crippen LogP contribution in [0.1, 0.15) is 18.9 Å². The van der Waals surface area contributed by atoms with E-state index in [9.17, 15) is 0 Å². The van der Waals surface area contributed by atoms with Crippen LogP contribution in [0.25, 0.3) is 0 Å². The zero-order chi connectivity index (χ0) is 11.1. The van der Waals surface area contributed by atoms with Crippen molar-refractivity contribution in [3.63, 3.8) is 0 Å². The highest BCUT2D eigenvalue weighted by Crippen LogP contribution is 2.21. The summed E-state index contributed by atoms with van der Waals surface area (Å²) in [7, 11) is 0. The summed E-state index contributed by atoms with van der Waals surface area (Å²) in [5.74, 6) is 0.923. The molecule has 0 bridgehead atoms. The van der Waals surface area contributed by atoms with Gasteiger partial charge < -0.3 is 9.47 Å². The Kier molecular flexibility index (Phi) is 5.73. The molecule has 0 heterocycles. The van der Waals surface area contributed by atoms with E-state index in [1.54, 1.807) is 0 Å². The van der Waals surface area contributed by atoms with Crippen LogP contribution in [0, 0.1) is 6.92 Å². The van der Waals surface area contributed by atoms with E-state index in [1.807, 2.05) is 25.1 Å². The third-order valence-electron chi connectivity index (χ3n) is 2.04. The Hall–Kier alpha value is -0.540. The summed E-state index contributed by atoms with van der Waals surface area (Å²) < 4.78 is 11.9. The Morgan fingerprint density at radius 2 is 2.07 bits per heavy atom. The van der Waals surface area contributed by atoms with Crippen molar-refractivity contribution in [2.45, 2.75) is 20.3 Å². The normalized spacial score (nSPS) is 10.3. The molecule has 0 unspecified atom stereocenters. The molecule has 0 aliphatic heterocycles. The minimum Gasteiger partial charge on any atom is -0.493 e. The molecule has 1 aromatic carbocycles. The second-order valence-corrected chi connectivity index (χ2v) is 4.16. The lowest BCUT2D eigenvalue weighted by molar-refractivity contribution is 0.131. The van der Waals surface area contributed by atoms with Crippen molar-refractivity contribution in [2.75, 3.05) is 19.8 Å². The van der Waals surface area contributed by atoms with Gasteiger partial charge in [0.2, 0.25) is 0 Å². The summed E-state index contributed by atoms with van der Waals surface area (Å²) in [6, 6.07) is 6.01. The van der Waals surface area contributed by atoms with Gasteiger partial charge in [0, 0.05) is 24.1 Å². The van der Waals surface area contributed by atoms with E-state index in [0.29, 0.717) is 6.61 Å². The first-order chi connectivity index (χ1) is 7.24. The summed E-state index contributed by atoms with van der Waals surface area (Å²) in [6.07, 6.45) is 0.933. The van der Waals surface area contributed by atoms with E-state index in [-0.39, 0.29) is 0 Å². The van der Waals surface area contributed by atoms with Crippen LogP contribution in [-0.4, -0.2) is 19.8 Å². The van der Waals surface area contributed by atoms with Gasteiger partial charge in [-0.1, -0.05) is 15.9 Å². The maximum Gasteiger partial charge on any atom is 0.119 e. The number of halogens is 1. The maximum atomic E-state index is 5.59. The van der Waals surface area contributed by atoms with Gasteiger partial charge in [-0.25, -0.2) is 0 Å². The fraction of sp³-hybridized carbons (Fsp3) is 0.500. The quantitative estimate of drug-likeness (QED) is 0.738. The highest BCUT2D eigenvalue weighted by atomic mass is 79.9. The summed E-state index contributed by atoms with van der Waals surface area (Å²) in [4.78, 5) is 0. The lowest BCUT2D eigenvalue weighted by Crippen LogP contribution is -2.02. The van der Waals surface area contributed by atoms with Gasteiger partial charge in [-0.05, 0) is 37.6 Å². The molecule has 0 radical (unpaired) electrons. The topological polar surface area (TPSA) is 18.5 Å². The van der Waals surface area contributed by atoms with Crippen molar-refractivity contribution < 1.29 is 9.47 Å². The van der Waals surface area contributed by atoms with Gasteiger partial charge in [0.25, 0.3) is 0 Å². The van der Waals surface area contributed by atoms with Crippen molar-refractivity contribution in [3.8, 4) is 5.75 Å². The predicted molar refractivity (Wildman–Crippen MR) is 65.5 cm³/mol. The van der Waals surface area contributed by atoms with Crippen molar-refractivity contribution in [2.24, 2.45) is 0 Å². The van der Waals surface area contributed by atoms with E-state index in [0.717, 1.165) is 29.9 Å². The van der Waals surface area contributed by atoms with Crippen molar-refractivity contribution in [1.82, 2.24) is 0 Å². The molecular formula is C12H17BrO2. The Morgan fingerprint density at radius 3 is 2.73 bits per heavy atom. The minimum absolute atomic E-state index is 0.709. The van der Waals surface area contributed by atoms with Gasteiger partial charge in [-0.2, -0.15) is 0 Å². The molecule has 0 amide bonds. The standard InChI is InChI=1S/C12H17BrO2/c1-3-14-7-4-8-15-11-5-6-12(13)10(2)9-11/h5-6,9H,3-4,7-8H2,1-2H3. The maximum absolute atomic E-state index is 5.59. The first kappa shape index (κ1) is 12.5. The van der Waals surface area contributed by atoms with Crippen LogP contribution in [0.15, 0.2) is 22.7 Å². The van der Waals surface area contributed by atoms with Gasteiger partial charge in [-0.15, -0.1) is 0 Å². The van der Waals surface area contributed by atoms with Crippen LogP contribution < -0.4 is 4.74 Å². The van der Waals surface area contributed by atoms with Crippen molar-refractivity contribution >= 4 is 15.9 Å². The molecule has 0 fully saturated rings. The van der Waals surface area contributed by atoms with Crippen molar-refractivity contribution in [1.29, 1.82) is 0 Å². The highest BCUT2D eigenvalue weighted by molar-refractivity contribution is 9.10. The number of aryl methyl sites for hydroxylation is 1. The van der Waals surface area contributed by atoms with Crippen LogP contribution in [-0.2, 0) is 4.74 Å². The fourth-order valence-corrected chi connectivity index (χ4v) is 1.45. The first-order valence-corrected chi connectivity index (χ1v) is 6.00. The third-order valence-corrected chi connectivity index (χ3v) is 2.93. The average molecular weight is 273 g/mol. The van der Waals surface area contributed by atoms with E-state index < -0.39 is 0 Å². The Balaban J connectivity index is 2.28. The molecule has 0 saturated carbocycles. The number of hydrogen-bond donors (Lipinski definition) is 0. The molecule has 15 heavy (non-hydrogen) atoms. The summed E-state index contributed by atoms with van der Waals surface area (Å²) >= 11 is 3.46. The molecule has 0 aliphatic rings. The molecule has 0 spiro atoms. The molecule has 0 atom stereocenters. The molecular weight excluding hydrogens is 256 g/mol. The van der Waals surface area contributed by atoms with E-state index in [2.05, 4.69) is 22.9 Å². The monoisotopic (exact) mass is 272 g/mol. The molecule has 0 aliphatic carbocycles. The van der Waals surface area contributed by atoms with Gasteiger partial charge in [-0.3, -0.25) is 0 Å². The SMILES string of the molecule is CCOCCCOc1ccc(Br)c(C)c1. The van der Waals surface area contributed by atoms with E-state index in [1.165, 1.54) is 5.56 Å². The Labute approximate surface area is 99.7 Å². The number of ether oxygens (including phenoxy) is 2. The molecule has 1 rings (SSSR count). The first-order valence-electron chi connectivity index (χ1n) is 5.20. The molecule has 0 N–H and O–H groups in total. The van der Waals surface area contributed by atoms with E-state index in [4.69, 9.17) is 9.47 Å². The second kappa shape index (κ2) is 6.85. The summed E-state index contributed by atoms with van der Waals surface area (Å²) in [5, 5.41) is 0. The van der Waals surface area contributed by atoms with Gasteiger partial charge in [0.1, 0.15) is 5.75 Å². The number of hydrogen-bond acceptors (Lipinski definition) is 2. The van der Waals surface area contributed by atoms with Gasteiger partial charge in [0.15, 0.2) is 0 Å². The molecule has 84 valence electrons. The number of benzene rings is 1. The average Bonchev–Trinajstić information content (AvgIpc) is 2.23. The molecule has 3 heteroatoms. The van der Waals surface area contributed by atoms with E-state index >= 15 is 0 Å². The third kappa shape index (κ3) is 4.67. The van der Waals surface area contributed by atoms with Crippen LogP contribution in [0.5, 0.6) is 5.75 Å². The molecule has 1 aromatic rings. The van der Waals surface area contributed by atoms with Crippen LogP contribution in [0.3, 0.4) is 0 Å². The zero-order valence-corrected chi connectivity index (χ0v) is 10.8. The minimum atomic E-state index is 0.709. The van der Waals surface area contributed by atoms with Crippen LogP contribution >= 0.6 is 15.9 Å². The smallest absolute Gasteiger partial charge is 0.119 e. The lowest BCUT2D eigenvalue weighted by Gasteiger charge is -2.07. The van der Waals surface area contributed by atoms with Gasteiger partial charge in [0.05, 0.1) is 6.61 Å². The molecule has 0 saturated heterocycles. The fourth-order valence-electron chi connectivity index (χ4n) is 1.20.